The number of aromatic nitrogens is 4. The summed E-state index contributed by atoms with van der Waals surface area (Å²) in [5.41, 5.74) is 2.04. The largest absolute Gasteiger partial charge is 0.305 e. The van der Waals surface area contributed by atoms with Crippen LogP contribution in [0, 0.1) is 0 Å². The fourth-order valence-corrected chi connectivity index (χ4v) is 3.34. The molecule has 7 heteroatoms. The molecule has 2 heterocycles. The molecule has 1 aromatic carbocycles. The Kier molecular flexibility index (Phi) is 4.66. The summed E-state index contributed by atoms with van der Waals surface area (Å²) < 4.78 is 1.93. The highest BCUT2D eigenvalue weighted by atomic mass is 35.5. The maximum Gasteiger partial charge on any atom is 0.191 e. The van der Waals surface area contributed by atoms with E-state index in [1.807, 2.05) is 29.8 Å². The van der Waals surface area contributed by atoms with Gasteiger partial charge in [0.05, 0.1) is 0 Å². The summed E-state index contributed by atoms with van der Waals surface area (Å²) >= 11 is 13.5. The Hall–Kier alpha value is -1.56. The van der Waals surface area contributed by atoms with E-state index in [0.717, 1.165) is 16.5 Å². The quantitative estimate of drug-likeness (QED) is 0.514. The Bertz CT molecular complexity index is 769. The standard InChI is InChI=1S/C15H12Cl2N4S/c1-21-14(11-7-12(16)18-13(17)8-11)19-20-15(21)22-9-10-5-3-2-4-6-10/h2-8H,9H2,1H3. The highest BCUT2D eigenvalue weighted by Gasteiger charge is 2.13. The van der Waals surface area contributed by atoms with Crippen LogP contribution in [0.25, 0.3) is 11.4 Å². The second kappa shape index (κ2) is 6.69. The Balaban J connectivity index is 1.82. The van der Waals surface area contributed by atoms with Gasteiger partial charge >= 0.3 is 0 Å². The van der Waals surface area contributed by atoms with Crippen LogP contribution < -0.4 is 0 Å². The first-order valence-corrected chi connectivity index (χ1v) is 8.27. The van der Waals surface area contributed by atoms with Crippen LogP contribution in [-0.2, 0) is 12.8 Å². The van der Waals surface area contributed by atoms with E-state index in [1.165, 1.54) is 5.56 Å². The number of hydrogen-bond donors (Lipinski definition) is 0. The minimum Gasteiger partial charge on any atom is -0.305 e. The first-order chi connectivity index (χ1) is 10.6. The molecule has 0 spiro atoms. The van der Waals surface area contributed by atoms with Crippen LogP contribution in [0.4, 0.5) is 0 Å². The van der Waals surface area contributed by atoms with Gasteiger partial charge in [-0.05, 0) is 17.7 Å². The number of benzene rings is 1. The summed E-state index contributed by atoms with van der Waals surface area (Å²) in [7, 11) is 1.92. The van der Waals surface area contributed by atoms with Gasteiger partial charge in [0.1, 0.15) is 10.3 Å². The minimum atomic E-state index is 0.337. The molecule has 0 unspecified atom stereocenters. The van der Waals surface area contributed by atoms with Crippen LogP contribution in [0.15, 0.2) is 47.6 Å². The molecule has 0 aliphatic carbocycles. The number of nitrogens with zero attached hydrogens (tertiary/aromatic N) is 4. The molecule has 0 saturated heterocycles. The molecule has 3 rings (SSSR count). The summed E-state index contributed by atoms with van der Waals surface area (Å²) in [6.45, 7) is 0. The van der Waals surface area contributed by atoms with Gasteiger partial charge in [0, 0.05) is 18.4 Å². The lowest BCUT2D eigenvalue weighted by Crippen LogP contribution is -1.95. The van der Waals surface area contributed by atoms with Crippen LogP contribution in [0.3, 0.4) is 0 Å². The first-order valence-electron chi connectivity index (χ1n) is 6.53. The Morgan fingerprint density at radius 1 is 1.05 bits per heavy atom. The molecule has 0 bridgehead atoms. The Labute approximate surface area is 142 Å². The summed E-state index contributed by atoms with van der Waals surface area (Å²) in [5, 5.41) is 9.97. The van der Waals surface area contributed by atoms with Gasteiger partial charge in [-0.25, -0.2) is 4.98 Å². The van der Waals surface area contributed by atoms with E-state index >= 15 is 0 Å². The van der Waals surface area contributed by atoms with Gasteiger partial charge < -0.3 is 4.57 Å². The van der Waals surface area contributed by atoms with E-state index in [4.69, 9.17) is 23.2 Å². The first kappa shape index (κ1) is 15.3. The molecule has 0 radical (unpaired) electrons. The van der Waals surface area contributed by atoms with E-state index < -0.39 is 0 Å². The molecular weight excluding hydrogens is 339 g/mol. The topological polar surface area (TPSA) is 43.6 Å². The molecule has 3 aromatic rings. The molecule has 0 saturated carbocycles. The van der Waals surface area contributed by atoms with E-state index in [1.54, 1.807) is 23.9 Å². The zero-order valence-electron chi connectivity index (χ0n) is 11.7. The van der Waals surface area contributed by atoms with Gasteiger partial charge in [-0.2, -0.15) is 0 Å². The van der Waals surface area contributed by atoms with Crippen molar-refractivity contribution in [2.75, 3.05) is 0 Å². The van der Waals surface area contributed by atoms with Crippen LogP contribution in [0.1, 0.15) is 5.56 Å². The molecule has 0 aliphatic heterocycles. The van der Waals surface area contributed by atoms with Gasteiger partial charge in [-0.15, -0.1) is 10.2 Å². The molecular formula is C15H12Cl2N4S. The van der Waals surface area contributed by atoms with Gasteiger partial charge in [0.2, 0.25) is 0 Å². The van der Waals surface area contributed by atoms with Crippen molar-refractivity contribution in [2.45, 2.75) is 10.9 Å². The van der Waals surface area contributed by atoms with Gasteiger partial charge in [-0.3, -0.25) is 0 Å². The van der Waals surface area contributed by atoms with Crippen molar-refractivity contribution in [3.8, 4) is 11.4 Å². The summed E-state index contributed by atoms with van der Waals surface area (Å²) in [6, 6.07) is 13.7. The molecule has 0 amide bonds. The third-order valence-corrected chi connectivity index (χ3v) is 4.55. The summed E-state index contributed by atoms with van der Waals surface area (Å²) in [6.07, 6.45) is 0. The fourth-order valence-electron chi connectivity index (χ4n) is 2.01. The zero-order valence-corrected chi connectivity index (χ0v) is 14.0. The average Bonchev–Trinajstić information content (AvgIpc) is 2.86. The van der Waals surface area contributed by atoms with Crippen molar-refractivity contribution in [3.05, 3.63) is 58.3 Å². The molecule has 0 N–H and O–H groups in total. The second-order valence-corrected chi connectivity index (χ2v) is 6.36. The highest BCUT2D eigenvalue weighted by molar-refractivity contribution is 7.98. The van der Waals surface area contributed by atoms with Crippen molar-refractivity contribution in [1.82, 2.24) is 19.7 Å². The maximum atomic E-state index is 5.94. The van der Waals surface area contributed by atoms with Crippen molar-refractivity contribution >= 4 is 35.0 Å². The number of hydrogen-bond acceptors (Lipinski definition) is 4. The summed E-state index contributed by atoms with van der Waals surface area (Å²) in [5.74, 6) is 1.55. The van der Waals surface area contributed by atoms with Gasteiger partial charge in [0.15, 0.2) is 11.0 Å². The van der Waals surface area contributed by atoms with Crippen LogP contribution in [0.5, 0.6) is 0 Å². The van der Waals surface area contributed by atoms with Crippen LogP contribution >= 0.6 is 35.0 Å². The van der Waals surface area contributed by atoms with Crippen molar-refractivity contribution in [2.24, 2.45) is 7.05 Å². The van der Waals surface area contributed by atoms with Crippen molar-refractivity contribution in [1.29, 1.82) is 0 Å². The number of pyridine rings is 1. The van der Waals surface area contributed by atoms with Crippen molar-refractivity contribution < 1.29 is 0 Å². The predicted molar refractivity (Wildman–Crippen MR) is 90.3 cm³/mol. The molecule has 112 valence electrons. The van der Waals surface area contributed by atoms with Crippen molar-refractivity contribution in [3.63, 3.8) is 0 Å². The smallest absolute Gasteiger partial charge is 0.191 e. The van der Waals surface area contributed by atoms with Crippen LogP contribution in [0.2, 0.25) is 10.3 Å². The third kappa shape index (κ3) is 3.43. The monoisotopic (exact) mass is 350 g/mol. The number of halogens is 2. The van der Waals surface area contributed by atoms with E-state index in [9.17, 15) is 0 Å². The molecule has 2 aromatic heterocycles. The Morgan fingerprint density at radius 2 is 1.73 bits per heavy atom. The lowest BCUT2D eigenvalue weighted by molar-refractivity contribution is 0.793. The SMILES string of the molecule is Cn1c(SCc2ccccc2)nnc1-c1cc(Cl)nc(Cl)c1. The number of rotatable bonds is 4. The van der Waals surface area contributed by atoms with E-state index in [0.29, 0.717) is 16.1 Å². The molecule has 0 atom stereocenters. The minimum absolute atomic E-state index is 0.337. The Morgan fingerprint density at radius 3 is 2.41 bits per heavy atom. The van der Waals surface area contributed by atoms with E-state index in [2.05, 4.69) is 27.3 Å². The molecule has 4 nitrogen and oxygen atoms in total. The lowest BCUT2D eigenvalue weighted by Gasteiger charge is -2.05. The van der Waals surface area contributed by atoms with Crippen LogP contribution in [-0.4, -0.2) is 19.7 Å². The third-order valence-electron chi connectivity index (χ3n) is 3.07. The maximum absolute atomic E-state index is 5.94. The molecule has 0 aliphatic rings. The van der Waals surface area contributed by atoms with Gasteiger partial charge in [0.25, 0.3) is 0 Å². The second-order valence-electron chi connectivity index (χ2n) is 4.64. The summed E-state index contributed by atoms with van der Waals surface area (Å²) in [4.78, 5) is 3.94. The normalized spacial score (nSPS) is 10.9. The van der Waals surface area contributed by atoms with E-state index in [-0.39, 0.29) is 0 Å². The average molecular weight is 351 g/mol. The number of thioether (sulfide) groups is 1. The molecule has 0 fully saturated rings. The molecule has 22 heavy (non-hydrogen) atoms. The zero-order chi connectivity index (χ0) is 15.5. The highest BCUT2D eigenvalue weighted by Crippen LogP contribution is 2.27. The lowest BCUT2D eigenvalue weighted by atomic mass is 10.2. The predicted octanol–water partition coefficient (Wildman–Crippen LogP) is 4.48. The fraction of sp³-hybridized carbons (Fsp3) is 0.133. The van der Waals surface area contributed by atoms with Gasteiger partial charge in [-0.1, -0.05) is 65.3 Å².